The topological polar surface area (TPSA) is 23.8 Å². The van der Waals surface area contributed by atoms with E-state index in [0.29, 0.717) is 5.92 Å². The highest BCUT2D eigenvalue weighted by atomic mass is 127. The predicted molar refractivity (Wildman–Crippen MR) is 99.3 cm³/mol. The van der Waals surface area contributed by atoms with Gasteiger partial charge in [0.15, 0.2) is 3.92 Å². The van der Waals surface area contributed by atoms with Crippen LogP contribution in [0.5, 0.6) is 0 Å². The summed E-state index contributed by atoms with van der Waals surface area (Å²) in [6, 6.07) is 2.44. The first kappa shape index (κ1) is 20.0. The Labute approximate surface area is 160 Å². The molecule has 0 aliphatic heterocycles. The summed E-state index contributed by atoms with van der Waals surface area (Å²) in [5, 5.41) is 8.91. The molecule has 0 radical (unpaired) electrons. The number of rotatable bonds is 1. The van der Waals surface area contributed by atoms with E-state index in [0.717, 1.165) is 40.2 Å². The highest BCUT2D eigenvalue weighted by Crippen LogP contribution is 2.43. The number of hydrogen-bond acceptors (Lipinski definition) is 1. The molecule has 4 unspecified atom stereocenters. The zero-order chi connectivity index (χ0) is 16.7. The standard InChI is InChI=1S/C14H24NP.C6H12I/c1-10-2-5-13(8-14(10)16)12-6-3-11(9-15)4-7-12;7-6-4-2-1-3-5-6/h10-14H,2-8,16H2,1H3;6-7H,1-5H2/q;+1. The fourth-order valence-corrected chi connectivity index (χ4v) is 6.10. The maximum atomic E-state index is 8.91. The van der Waals surface area contributed by atoms with Gasteiger partial charge in [-0.2, -0.15) is 5.26 Å². The molecule has 3 aliphatic rings. The zero-order valence-electron chi connectivity index (χ0n) is 14.9. The van der Waals surface area contributed by atoms with Gasteiger partial charge in [0, 0.05) is 5.92 Å². The zero-order valence-corrected chi connectivity index (χ0v) is 18.4. The molecule has 0 heterocycles. The Morgan fingerprint density at radius 3 is 1.96 bits per heavy atom. The molecule has 4 atom stereocenters. The van der Waals surface area contributed by atoms with Gasteiger partial charge >= 0.3 is 0 Å². The van der Waals surface area contributed by atoms with E-state index in [-0.39, 0.29) is 0 Å². The Balaban J connectivity index is 0.000000229. The van der Waals surface area contributed by atoms with E-state index in [9.17, 15) is 0 Å². The second-order valence-electron chi connectivity index (χ2n) is 8.22. The summed E-state index contributed by atoms with van der Waals surface area (Å²) in [6.07, 6.45) is 16.7. The first-order valence-electron chi connectivity index (χ1n) is 9.91. The van der Waals surface area contributed by atoms with E-state index in [1.165, 1.54) is 64.2 Å². The summed E-state index contributed by atoms with van der Waals surface area (Å²) < 4.78 is 1.05. The van der Waals surface area contributed by atoms with E-state index in [1.807, 2.05) is 0 Å². The van der Waals surface area contributed by atoms with Gasteiger partial charge in [-0.15, -0.1) is 9.24 Å². The van der Waals surface area contributed by atoms with Crippen molar-refractivity contribution in [2.75, 3.05) is 0 Å². The average molecular weight is 448 g/mol. The first-order valence-corrected chi connectivity index (χ1v) is 11.9. The third-order valence-corrected chi connectivity index (χ3v) is 8.75. The minimum absolute atomic E-state index is 0.366. The Kier molecular flexibility index (Phi) is 9.20. The molecule has 1 nitrogen and oxygen atoms in total. The highest BCUT2D eigenvalue weighted by molar-refractivity contribution is 7.17. The van der Waals surface area contributed by atoms with Gasteiger partial charge in [-0.3, -0.25) is 0 Å². The fourth-order valence-electron chi connectivity index (χ4n) is 4.60. The van der Waals surface area contributed by atoms with Crippen molar-refractivity contribution in [3.63, 3.8) is 0 Å². The molecule has 0 N–H and O–H groups in total. The van der Waals surface area contributed by atoms with Crippen LogP contribution in [0, 0.1) is 35.0 Å². The van der Waals surface area contributed by atoms with Crippen LogP contribution in [-0.4, -0.2) is 9.58 Å². The lowest BCUT2D eigenvalue weighted by molar-refractivity contribution is -0.425. The molecular weight excluding hydrogens is 412 g/mol. The van der Waals surface area contributed by atoms with Gasteiger partial charge in [0.25, 0.3) is 22.6 Å². The van der Waals surface area contributed by atoms with Gasteiger partial charge < -0.3 is 0 Å². The quantitative estimate of drug-likeness (QED) is 0.344. The van der Waals surface area contributed by atoms with Crippen molar-refractivity contribution >= 4 is 9.24 Å². The van der Waals surface area contributed by atoms with Crippen LogP contribution in [0.25, 0.3) is 0 Å². The molecule has 3 rings (SSSR count). The molecule has 3 heteroatoms. The summed E-state index contributed by atoms with van der Waals surface area (Å²) in [4.78, 5) is 0. The van der Waals surface area contributed by atoms with Gasteiger partial charge in [0.2, 0.25) is 0 Å². The summed E-state index contributed by atoms with van der Waals surface area (Å²) in [7, 11) is 3.05. The van der Waals surface area contributed by atoms with Crippen molar-refractivity contribution in [2.45, 2.75) is 93.6 Å². The van der Waals surface area contributed by atoms with Crippen LogP contribution < -0.4 is 22.6 Å². The lowest BCUT2D eigenvalue weighted by Crippen LogP contribution is -3.39. The van der Waals surface area contributed by atoms with E-state index < -0.39 is 0 Å². The lowest BCUT2D eigenvalue weighted by atomic mass is 9.69. The first-order chi connectivity index (χ1) is 11.1. The number of hydrogen-bond donors (Lipinski definition) is 0. The van der Waals surface area contributed by atoms with Crippen LogP contribution >= 0.6 is 9.24 Å². The predicted octanol–water partition coefficient (Wildman–Crippen LogP) is 2.60. The van der Waals surface area contributed by atoms with Gasteiger partial charge in [0.1, 0.15) is 0 Å². The molecule has 0 amide bonds. The molecule has 3 saturated carbocycles. The van der Waals surface area contributed by atoms with Crippen molar-refractivity contribution < 1.29 is 22.6 Å². The SMILES string of the molecule is CC1CCC(C2CCC(C#N)CC2)CC1P.[IH+]C1CCCCC1. The van der Waals surface area contributed by atoms with Crippen LogP contribution in [-0.2, 0) is 0 Å². The summed E-state index contributed by atoms with van der Waals surface area (Å²) in [5.74, 6) is 3.15. The van der Waals surface area contributed by atoms with Crippen LogP contribution in [0.3, 0.4) is 0 Å². The van der Waals surface area contributed by atoms with E-state index in [1.54, 1.807) is 0 Å². The number of nitrogens with zero attached hydrogens (tertiary/aromatic N) is 1. The van der Waals surface area contributed by atoms with Crippen LogP contribution in [0.1, 0.15) is 84.0 Å². The molecular formula is C20H36INP+. The smallest absolute Gasteiger partial charge is 0.198 e. The second-order valence-corrected chi connectivity index (χ2v) is 11.0. The Bertz CT molecular complexity index is 366. The molecule has 0 aromatic rings. The van der Waals surface area contributed by atoms with Gasteiger partial charge in [-0.25, -0.2) is 0 Å². The molecule has 3 aliphatic carbocycles. The summed E-state index contributed by atoms with van der Waals surface area (Å²) in [5.41, 5.74) is 0.840. The average Bonchev–Trinajstić information content (AvgIpc) is 2.59. The van der Waals surface area contributed by atoms with Crippen LogP contribution in [0.15, 0.2) is 0 Å². The molecule has 132 valence electrons. The molecule has 0 spiro atoms. The minimum Gasteiger partial charge on any atom is -0.198 e. The van der Waals surface area contributed by atoms with Crippen molar-refractivity contribution in [1.29, 1.82) is 5.26 Å². The largest absolute Gasteiger partial charge is 0.255 e. The molecule has 3 fully saturated rings. The minimum atomic E-state index is 0.366. The lowest BCUT2D eigenvalue weighted by Gasteiger charge is -2.38. The van der Waals surface area contributed by atoms with Crippen molar-refractivity contribution in [3.8, 4) is 6.07 Å². The van der Waals surface area contributed by atoms with Crippen molar-refractivity contribution in [1.82, 2.24) is 0 Å². The highest BCUT2D eigenvalue weighted by Gasteiger charge is 2.32. The van der Waals surface area contributed by atoms with Gasteiger partial charge in [-0.05, 0) is 94.0 Å². The van der Waals surface area contributed by atoms with Crippen LogP contribution in [0.2, 0.25) is 0 Å². The van der Waals surface area contributed by atoms with Gasteiger partial charge in [-0.1, -0.05) is 13.3 Å². The van der Waals surface area contributed by atoms with E-state index in [2.05, 4.69) is 44.8 Å². The molecule has 0 aromatic heterocycles. The summed E-state index contributed by atoms with van der Waals surface area (Å²) >= 11 is 2.29. The monoisotopic (exact) mass is 448 g/mol. The Morgan fingerprint density at radius 1 is 0.870 bits per heavy atom. The number of halogens is 1. The maximum absolute atomic E-state index is 8.91. The Hall–Kier alpha value is 0.650. The Morgan fingerprint density at radius 2 is 1.48 bits per heavy atom. The van der Waals surface area contributed by atoms with Crippen LogP contribution in [0.4, 0.5) is 0 Å². The molecule has 0 saturated heterocycles. The third kappa shape index (κ3) is 6.81. The van der Waals surface area contributed by atoms with Gasteiger partial charge in [0.05, 0.1) is 6.07 Å². The maximum Gasteiger partial charge on any atom is 0.255 e. The fraction of sp³-hybridized carbons (Fsp3) is 0.950. The molecule has 0 aromatic carbocycles. The van der Waals surface area contributed by atoms with E-state index >= 15 is 0 Å². The van der Waals surface area contributed by atoms with Crippen molar-refractivity contribution in [3.05, 3.63) is 0 Å². The normalized spacial score (nSPS) is 39.0. The number of nitriles is 1. The third-order valence-electron chi connectivity index (χ3n) is 6.47. The van der Waals surface area contributed by atoms with Crippen molar-refractivity contribution in [2.24, 2.45) is 23.7 Å². The number of alkyl halides is 1. The molecule has 0 bridgehead atoms. The van der Waals surface area contributed by atoms with E-state index in [4.69, 9.17) is 5.26 Å². The molecule has 23 heavy (non-hydrogen) atoms. The second kappa shape index (κ2) is 10.6. The summed E-state index contributed by atoms with van der Waals surface area (Å²) in [6.45, 7) is 2.39.